The lowest BCUT2D eigenvalue weighted by Crippen LogP contribution is -2.42. The van der Waals surface area contributed by atoms with Crippen molar-refractivity contribution in [2.45, 2.75) is 25.8 Å². The number of hydrogen-bond acceptors (Lipinski definition) is 3. The van der Waals surface area contributed by atoms with E-state index in [0.717, 1.165) is 29.5 Å². The lowest BCUT2D eigenvalue weighted by molar-refractivity contribution is 0.412. The molecule has 0 radical (unpaired) electrons. The first-order chi connectivity index (χ1) is 9.99. The summed E-state index contributed by atoms with van der Waals surface area (Å²) in [5.41, 5.74) is 3.78. The molecule has 0 spiro atoms. The second-order valence-corrected chi connectivity index (χ2v) is 6.56. The van der Waals surface area contributed by atoms with Crippen LogP contribution in [0.2, 0.25) is 5.02 Å². The first-order valence-electron chi connectivity index (χ1n) is 7.02. The maximum atomic E-state index is 6.16. The number of rotatable bonds is 2. The monoisotopic (exact) mass is 302 g/mol. The summed E-state index contributed by atoms with van der Waals surface area (Å²) in [6.45, 7) is 6.30. The van der Waals surface area contributed by atoms with Crippen molar-refractivity contribution in [1.29, 1.82) is 0 Å². The minimum Gasteiger partial charge on any atom is -0.495 e. The Morgan fingerprint density at radius 3 is 2.81 bits per heavy atom. The van der Waals surface area contributed by atoms with Crippen molar-refractivity contribution in [3.05, 3.63) is 52.8 Å². The second kappa shape index (κ2) is 5.23. The zero-order chi connectivity index (χ0) is 15.0. The largest absolute Gasteiger partial charge is 0.495 e. The van der Waals surface area contributed by atoms with Gasteiger partial charge < -0.3 is 9.64 Å². The number of hydrogen-bond donors (Lipinski definition) is 0. The lowest BCUT2D eigenvalue weighted by Gasteiger charge is -2.41. The first kappa shape index (κ1) is 14.2. The van der Waals surface area contributed by atoms with Gasteiger partial charge in [0.2, 0.25) is 0 Å². The second-order valence-electron chi connectivity index (χ2n) is 6.12. The van der Waals surface area contributed by atoms with E-state index in [1.54, 1.807) is 13.3 Å². The smallest absolute Gasteiger partial charge is 0.139 e. The molecule has 2 heterocycles. The molecule has 3 nitrogen and oxygen atoms in total. The van der Waals surface area contributed by atoms with E-state index in [1.165, 1.54) is 11.1 Å². The van der Waals surface area contributed by atoms with E-state index in [-0.39, 0.29) is 5.41 Å². The third kappa shape index (κ3) is 2.70. The number of nitrogens with zero attached hydrogens (tertiary/aromatic N) is 2. The molecule has 1 aliphatic rings. The van der Waals surface area contributed by atoms with Crippen LogP contribution >= 0.6 is 11.6 Å². The van der Waals surface area contributed by atoms with Gasteiger partial charge in [-0.05, 0) is 23.3 Å². The number of benzene rings is 1. The summed E-state index contributed by atoms with van der Waals surface area (Å²) < 4.78 is 5.28. The van der Waals surface area contributed by atoms with Gasteiger partial charge in [-0.15, -0.1) is 0 Å². The minimum atomic E-state index is 0.0432. The highest BCUT2D eigenvalue weighted by Crippen LogP contribution is 2.37. The third-order valence-corrected chi connectivity index (χ3v) is 4.28. The zero-order valence-electron chi connectivity index (χ0n) is 12.6. The molecule has 21 heavy (non-hydrogen) atoms. The molecule has 0 fully saturated rings. The van der Waals surface area contributed by atoms with Gasteiger partial charge >= 0.3 is 0 Å². The van der Waals surface area contributed by atoms with Crippen LogP contribution in [0.1, 0.15) is 25.0 Å². The molecule has 0 atom stereocenters. The third-order valence-electron chi connectivity index (χ3n) is 4.05. The highest BCUT2D eigenvalue weighted by Gasteiger charge is 2.32. The molecule has 0 N–H and O–H groups in total. The number of pyridine rings is 1. The van der Waals surface area contributed by atoms with Gasteiger partial charge in [-0.1, -0.05) is 31.5 Å². The van der Waals surface area contributed by atoms with Crippen LogP contribution in [0.25, 0.3) is 0 Å². The van der Waals surface area contributed by atoms with Crippen LogP contribution in [-0.2, 0) is 12.0 Å². The molecule has 1 aliphatic heterocycles. The minimum absolute atomic E-state index is 0.0432. The van der Waals surface area contributed by atoms with Crippen molar-refractivity contribution < 1.29 is 4.74 Å². The maximum Gasteiger partial charge on any atom is 0.139 e. The average Bonchev–Trinajstić information content (AvgIpc) is 2.47. The number of ether oxygens (including phenoxy) is 1. The molecular weight excluding hydrogens is 284 g/mol. The molecule has 0 amide bonds. The summed E-state index contributed by atoms with van der Waals surface area (Å²) in [6, 6.07) is 8.21. The topological polar surface area (TPSA) is 25.4 Å². The number of aromatic nitrogens is 1. The van der Waals surface area contributed by atoms with Crippen molar-refractivity contribution in [3.8, 4) is 5.75 Å². The summed E-state index contributed by atoms with van der Waals surface area (Å²) in [6.07, 6.45) is 3.62. The van der Waals surface area contributed by atoms with Crippen molar-refractivity contribution in [3.63, 3.8) is 0 Å². The number of halogens is 1. The van der Waals surface area contributed by atoms with E-state index in [0.29, 0.717) is 0 Å². The lowest BCUT2D eigenvalue weighted by atomic mass is 9.78. The zero-order valence-corrected chi connectivity index (χ0v) is 13.3. The van der Waals surface area contributed by atoms with Gasteiger partial charge in [0, 0.05) is 29.6 Å². The van der Waals surface area contributed by atoms with Crippen LogP contribution in [0.5, 0.6) is 5.75 Å². The quantitative estimate of drug-likeness (QED) is 0.837. The van der Waals surface area contributed by atoms with E-state index >= 15 is 0 Å². The van der Waals surface area contributed by atoms with E-state index < -0.39 is 0 Å². The normalized spacial score (nSPS) is 16.5. The molecule has 110 valence electrons. The summed E-state index contributed by atoms with van der Waals surface area (Å²) in [4.78, 5) is 6.60. The Labute approximate surface area is 130 Å². The van der Waals surface area contributed by atoms with Gasteiger partial charge in [0.1, 0.15) is 5.75 Å². The Bertz CT molecular complexity index is 670. The average molecular weight is 303 g/mol. The van der Waals surface area contributed by atoms with E-state index in [1.807, 2.05) is 18.3 Å². The molecule has 0 aliphatic carbocycles. The predicted molar refractivity (Wildman–Crippen MR) is 86.3 cm³/mol. The van der Waals surface area contributed by atoms with Crippen LogP contribution in [0.15, 0.2) is 36.7 Å². The fraction of sp³-hybridized carbons (Fsp3) is 0.353. The summed E-state index contributed by atoms with van der Waals surface area (Å²) in [5, 5.41) is 0.804. The fourth-order valence-electron chi connectivity index (χ4n) is 3.01. The Morgan fingerprint density at radius 1 is 1.24 bits per heavy atom. The highest BCUT2D eigenvalue weighted by atomic mass is 35.5. The SMILES string of the molecule is COc1cncc(N2Cc3ccc(Cl)cc3C(C)(C)C2)c1. The van der Waals surface area contributed by atoms with E-state index in [4.69, 9.17) is 16.3 Å². The first-order valence-corrected chi connectivity index (χ1v) is 7.40. The molecule has 3 rings (SSSR count). The van der Waals surface area contributed by atoms with Crippen LogP contribution in [0.3, 0.4) is 0 Å². The highest BCUT2D eigenvalue weighted by molar-refractivity contribution is 6.30. The Hall–Kier alpha value is -1.74. The fourth-order valence-corrected chi connectivity index (χ4v) is 3.19. The standard InChI is InChI=1S/C17H19ClN2O/c1-17(2)11-20(14-7-15(21-3)9-19-8-14)10-12-4-5-13(18)6-16(12)17/h4-9H,10-11H2,1-3H3. The Balaban J connectivity index is 1.99. The van der Waals surface area contributed by atoms with Gasteiger partial charge in [-0.3, -0.25) is 4.98 Å². The summed E-state index contributed by atoms with van der Waals surface area (Å²) in [7, 11) is 1.66. The van der Waals surface area contributed by atoms with Crippen LogP contribution in [0.4, 0.5) is 5.69 Å². The van der Waals surface area contributed by atoms with Gasteiger partial charge in [0.25, 0.3) is 0 Å². The molecule has 1 aromatic carbocycles. The Kier molecular flexibility index (Phi) is 3.54. The molecular formula is C17H19ClN2O. The molecule has 4 heteroatoms. The molecule has 0 saturated carbocycles. The number of fused-ring (bicyclic) bond motifs is 1. The molecule has 0 bridgehead atoms. The number of methoxy groups -OCH3 is 1. The van der Waals surface area contributed by atoms with Crippen molar-refractivity contribution in [2.24, 2.45) is 0 Å². The molecule has 1 aromatic heterocycles. The van der Waals surface area contributed by atoms with Crippen LogP contribution in [0, 0.1) is 0 Å². The predicted octanol–water partition coefficient (Wildman–Crippen LogP) is 4.04. The molecule has 2 aromatic rings. The van der Waals surface area contributed by atoms with Crippen molar-refractivity contribution in [1.82, 2.24) is 4.98 Å². The van der Waals surface area contributed by atoms with Crippen LogP contribution < -0.4 is 9.64 Å². The van der Waals surface area contributed by atoms with Gasteiger partial charge in [0.05, 0.1) is 25.2 Å². The van der Waals surface area contributed by atoms with Gasteiger partial charge in [0.15, 0.2) is 0 Å². The molecule has 0 unspecified atom stereocenters. The number of anilines is 1. The Morgan fingerprint density at radius 2 is 2.05 bits per heavy atom. The molecule has 0 saturated heterocycles. The van der Waals surface area contributed by atoms with E-state index in [9.17, 15) is 0 Å². The van der Waals surface area contributed by atoms with Crippen molar-refractivity contribution >= 4 is 17.3 Å². The van der Waals surface area contributed by atoms with E-state index in [2.05, 4.69) is 35.9 Å². The maximum absolute atomic E-state index is 6.16. The van der Waals surface area contributed by atoms with Crippen LogP contribution in [-0.4, -0.2) is 18.6 Å². The van der Waals surface area contributed by atoms with Gasteiger partial charge in [-0.25, -0.2) is 0 Å². The summed E-state index contributed by atoms with van der Waals surface area (Å²) >= 11 is 6.16. The van der Waals surface area contributed by atoms with Crippen molar-refractivity contribution in [2.75, 3.05) is 18.6 Å². The van der Waals surface area contributed by atoms with Gasteiger partial charge in [-0.2, -0.15) is 0 Å². The summed E-state index contributed by atoms with van der Waals surface area (Å²) in [5.74, 6) is 0.784.